The van der Waals surface area contributed by atoms with Crippen LogP contribution in [0.2, 0.25) is 0 Å². The number of rotatable bonds is 7. The molecule has 1 aliphatic rings. The van der Waals surface area contributed by atoms with Gasteiger partial charge in [-0.1, -0.05) is 0 Å². The van der Waals surface area contributed by atoms with Crippen LogP contribution in [0.1, 0.15) is 12.8 Å². The number of hydrogen-bond acceptors (Lipinski definition) is 6. The molecule has 0 spiro atoms. The van der Waals surface area contributed by atoms with Crippen LogP contribution < -0.4 is 5.32 Å². The monoisotopic (exact) mass is 277 g/mol. The highest BCUT2D eigenvalue weighted by Gasteiger charge is 2.21. The molecular formula is C13H19N5O2. The highest BCUT2D eigenvalue weighted by Crippen LogP contribution is 2.28. The van der Waals surface area contributed by atoms with Crippen molar-refractivity contribution in [2.45, 2.75) is 18.9 Å². The van der Waals surface area contributed by atoms with Gasteiger partial charge in [0.05, 0.1) is 18.1 Å². The van der Waals surface area contributed by atoms with Gasteiger partial charge in [-0.2, -0.15) is 5.10 Å². The van der Waals surface area contributed by atoms with Gasteiger partial charge in [-0.05, 0) is 18.8 Å². The number of aliphatic hydroxyl groups is 1. The molecule has 0 bridgehead atoms. The predicted octanol–water partition coefficient (Wildman–Crippen LogP) is 0.563. The molecule has 1 saturated carbocycles. The Morgan fingerprint density at radius 2 is 2.35 bits per heavy atom. The van der Waals surface area contributed by atoms with Gasteiger partial charge in [0, 0.05) is 26.4 Å². The summed E-state index contributed by atoms with van der Waals surface area (Å²) in [5.41, 5.74) is 0.643. The summed E-state index contributed by atoms with van der Waals surface area (Å²) in [6, 6.07) is 0. The van der Waals surface area contributed by atoms with E-state index in [2.05, 4.69) is 20.4 Å². The molecule has 7 heteroatoms. The first-order valence-corrected chi connectivity index (χ1v) is 6.86. The second-order valence-electron chi connectivity index (χ2n) is 5.28. The van der Waals surface area contributed by atoms with Gasteiger partial charge in [-0.15, -0.1) is 0 Å². The largest absolute Gasteiger partial charge is 0.389 e. The van der Waals surface area contributed by atoms with Crippen LogP contribution in [0.5, 0.6) is 0 Å². The normalized spacial score (nSPS) is 16.5. The molecule has 20 heavy (non-hydrogen) atoms. The molecule has 3 rings (SSSR count). The Bertz CT molecular complexity index is 581. The van der Waals surface area contributed by atoms with Crippen LogP contribution in [0.4, 0.5) is 5.82 Å². The van der Waals surface area contributed by atoms with Crippen LogP contribution in [0, 0.1) is 5.92 Å². The van der Waals surface area contributed by atoms with Gasteiger partial charge in [0.1, 0.15) is 12.1 Å². The number of ether oxygens (including phenoxy) is 1. The molecule has 2 heterocycles. The standard InChI is InChI=1S/C13H19N5O2/c1-18-5-11-12(15-8-16-13(11)17-18)14-4-10(19)7-20-6-9-2-3-9/h5,8-10,19H,2-4,6-7H2,1H3,(H,14,15,16,17). The van der Waals surface area contributed by atoms with Crippen molar-refractivity contribution in [1.82, 2.24) is 19.7 Å². The summed E-state index contributed by atoms with van der Waals surface area (Å²) in [7, 11) is 1.84. The van der Waals surface area contributed by atoms with E-state index in [1.54, 1.807) is 4.68 Å². The first-order valence-electron chi connectivity index (χ1n) is 6.86. The number of nitrogens with zero attached hydrogens (tertiary/aromatic N) is 4. The predicted molar refractivity (Wildman–Crippen MR) is 74.3 cm³/mol. The first-order chi connectivity index (χ1) is 9.72. The quantitative estimate of drug-likeness (QED) is 0.769. The summed E-state index contributed by atoms with van der Waals surface area (Å²) in [6.45, 7) is 1.51. The van der Waals surface area contributed by atoms with Gasteiger partial charge in [0.15, 0.2) is 5.65 Å². The Labute approximate surface area is 117 Å². The van der Waals surface area contributed by atoms with E-state index in [0.717, 1.165) is 12.0 Å². The average Bonchev–Trinajstić information content (AvgIpc) is 3.16. The van der Waals surface area contributed by atoms with Crippen molar-refractivity contribution in [3.63, 3.8) is 0 Å². The minimum absolute atomic E-state index is 0.352. The maximum atomic E-state index is 9.87. The Kier molecular flexibility index (Phi) is 3.79. The summed E-state index contributed by atoms with van der Waals surface area (Å²) in [5.74, 6) is 1.40. The minimum atomic E-state index is -0.546. The van der Waals surface area contributed by atoms with Crippen molar-refractivity contribution in [1.29, 1.82) is 0 Å². The van der Waals surface area contributed by atoms with Crippen molar-refractivity contribution in [3.05, 3.63) is 12.5 Å². The van der Waals surface area contributed by atoms with E-state index in [9.17, 15) is 5.11 Å². The van der Waals surface area contributed by atoms with Crippen molar-refractivity contribution >= 4 is 16.9 Å². The Hall–Kier alpha value is -1.73. The zero-order chi connectivity index (χ0) is 13.9. The average molecular weight is 277 g/mol. The number of aliphatic hydroxyl groups excluding tert-OH is 1. The van der Waals surface area contributed by atoms with Crippen LogP contribution in [0.3, 0.4) is 0 Å². The zero-order valence-electron chi connectivity index (χ0n) is 11.5. The third-order valence-electron chi connectivity index (χ3n) is 3.30. The lowest BCUT2D eigenvalue weighted by atomic mass is 10.3. The second-order valence-corrected chi connectivity index (χ2v) is 5.28. The fourth-order valence-electron chi connectivity index (χ4n) is 2.02. The molecule has 0 radical (unpaired) electrons. The molecular weight excluding hydrogens is 258 g/mol. The fraction of sp³-hybridized carbons (Fsp3) is 0.615. The maximum Gasteiger partial charge on any atom is 0.186 e. The molecule has 7 nitrogen and oxygen atoms in total. The third-order valence-corrected chi connectivity index (χ3v) is 3.30. The maximum absolute atomic E-state index is 9.87. The Morgan fingerprint density at radius 1 is 1.50 bits per heavy atom. The molecule has 108 valence electrons. The molecule has 0 aliphatic heterocycles. The van der Waals surface area contributed by atoms with Gasteiger partial charge in [0.2, 0.25) is 0 Å². The van der Waals surface area contributed by atoms with E-state index in [1.165, 1.54) is 19.2 Å². The molecule has 2 aromatic heterocycles. The number of aryl methyl sites for hydroxylation is 1. The smallest absolute Gasteiger partial charge is 0.186 e. The number of nitrogens with one attached hydrogen (secondary N) is 1. The van der Waals surface area contributed by atoms with Gasteiger partial charge in [0.25, 0.3) is 0 Å². The number of fused-ring (bicyclic) bond motifs is 1. The van der Waals surface area contributed by atoms with Crippen molar-refractivity contribution in [2.24, 2.45) is 13.0 Å². The van der Waals surface area contributed by atoms with Crippen molar-refractivity contribution in [2.75, 3.05) is 25.1 Å². The van der Waals surface area contributed by atoms with Crippen LogP contribution in [-0.4, -0.2) is 50.7 Å². The van der Waals surface area contributed by atoms with Crippen molar-refractivity contribution < 1.29 is 9.84 Å². The summed E-state index contributed by atoms with van der Waals surface area (Å²) >= 11 is 0. The molecule has 1 atom stereocenters. The van der Waals surface area contributed by atoms with E-state index in [-0.39, 0.29) is 0 Å². The van der Waals surface area contributed by atoms with Gasteiger partial charge in [-0.3, -0.25) is 4.68 Å². The van der Waals surface area contributed by atoms with Crippen LogP contribution >= 0.6 is 0 Å². The Balaban J connectivity index is 1.53. The second kappa shape index (κ2) is 5.72. The lowest BCUT2D eigenvalue weighted by molar-refractivity contribution is 0.0386. The van der Waals surface area contributed by atoms with Crippen molar-refractivity contribution in [3.8, 4) is 0 Å². The number of anilines is 1. The number of aromatic nitrogens is 4. The lowest BCUT2D eigenvalue weighted by Gasteiger charge is -2.12. The lowest BCUT2D eigenvalue weighted by Crippen LogP contribution is -2.25. The van der Waals surface area contributed by atoms with Gasteiger partial charge in [-0.25, -0.2) is 9.97 Å². The van der Waals surface area contributed by atoms with E-state index in [1.807, 2.05) is 13.2 Å². The summed E-state index contributed by atoms with van der Waals surface area (Å²) in [5, 5.41) is 18.1. The molecule has 2 N–H and O–H groups in total. The highest BCUT2D eigenvalue weighted by atomic mass is 16.5. The van der Waals surface area contributed by atoms with E-state index < -0.39 is 6.10 Å². The summed E-state index contributed by atoms with van der Waals surface area (Å²) < 4.78 is 7.15. The molecule has 0 aromatic carbocycles. The summed E-state index contributed by atoms with van der Waals surface area (Å²) in [4.78, 5) is 8.28. The highest BCUT2D eigenvalue weighted by molar-refractivity contribution is 5.85. The molecule has 0 saturated heterocycles. The fourth-order valence-corrected chi connectivity index (χ4v) is 2.02. The van der Waals surface area contributed by atoms with E-state index in [4.69, 9.17) is 4.74 Å². The van der Waals surface area contributed by atoms with Gasteiger partial charge >= 0.3 is 0 Å². The molecule has 1 fully saturated rings. The Morgan fingerprint density at radius 3 is 3.15 bits per heavy atom. The van der Waals surface area contributed by atoms with Crippen LogP contribution in [-0.2, 0) is 11.8 Å². The van der Waals surface area contributed by atoms with Crippen LogP contribution in [0.25, 0.3) is 11.0 Å². The molecule has 0 amide bonds. The zero-order valence-corrected chi connectivity index (χ0v) is 11.5. The van der Waals surface area contributed by atoms with E-state index in [0.29, 0.717) is 30.5 Å². The minimum Gasteiger partial charge on any atom is -0.389 e. The van der Waals surface area contributed by atoms with Crippen LogP contribution in [0.15, 0.2) is 12.5 Å². The molecule has 1 unspecified atom stereocenters. The van der Waals surface area contributed by atoms with Gasteiger partial charge < -0.3 is 15.2 Å². The topological polar surface area (TPSA) is 85.1 Å². The van der Waals surface area contributed by atoms with E-state index >= 15 is 0 Å². The molecule has 2 aromatic rings. The SMILES string of the molecule is Cn1cc2c(NCC(O)COCC3CC3)ncnc2n1. The molecule has 1 aliphatic carbocycles. The number of hydrogen-bond donors (Lipinski definition) is 2. The summed E-state index contributed by atoms with van der Waals surface area (Å²) in [6.07, 6.45) is 5.29. The third kappa shape index (κ3) is 3.23. The first kappa shape index (κ1) is 13.3.